The quantitative estimate of drug-likeness (QED) is 0.489. The monoisotopic (exact) mass is 200 g/mol. The third kappa shape index (κ3) is 5.80. The highest BCUT2D eigenvalue weighted by Gasteiger charge is 2.06. The minimum Gasteiger partial charge on any atom is -0.370 e. The Labute approximate surface area is 87.6 Å². The van der Waals surface area contributed by atoms with Crippen LogP contribution >= 0.6 is 0 Å². The van der Waals surface area contributed by atoms with Crippen molar-refractivity contribution in [3.05, 3.63) is 0 Å². The summed E-state index contributed by atoms with van der Waals surface area (Å²) in [7, 11) is 0. The minimum absolute atomic E-state index is 0.352. The molecule has 0 saturated heterocycles. The molecular formula is C10H24N4. The van der Waals surface area contributed by atoms with Crippen LogP contribution in [0.15, 0.2) is 4.99 Å². The standard InChI is InChI=1S/C10H24N4/c1-5-12-10(11)13-9(4)8-14(6-2)7-3/h9H,5-8H2,1-4H3,(H3,11,12,13). The van der Waals surface area contributed by atoms with E-state index in [-0.39, 0.29) is 0 Å². The number of nitrogens with one attached hydrogen (secondary N) is 1. The smallest absolute Gasteiger partial charge is 0.188 e. The summed E-state index contributed by atoms with van der Waals surface area (Å²) in [5.41, 5.74) is 5.66. The van der Waals surface area contributed by atoms with Gasteiger partial charge in [-0.2, -0.15) is 0 Å². The average molecular weight is 200 g/mol. The van der Waals surface area contributed by atoms with Gasteiger partial charge in [0.05, 0.1) is 0 Å². The van der Waals surface area contributed by atoms with E-state index in [0.29, 0.717) is 12.0 Å². The van der Waals surface area contributed by atoms with Gasteiger partial charge in [-0.1, -0.05) is 13.8 Å². The Morgan fingerprint density at radius 1 is 1.36 bits per heavy atom. The zero-order chi connectivity index (χ0) is 11.0. The lowest BCUT2D eigenvalue weighted by Crippen LogP contribution is -2.45. The molecule has 0 fully saturated rings. The minimum atomic E-state index is 0.352. The summed E-state index contributed by atoms with van der Waals surface area (Å²) in [5, 5.41) is 3.17. The fourth-order valence-corrected chi connectivity index (χ4v) is 1.38. The Kier molecular flexibility index (Phi) is 7.20. The predicted molar refractivity (Wildman–Crippen MR) is 62.5 cm³/mol. The van der Waals surface area contributed by atoms with Crippen LogP contribution in [0.5, 0.6) is 0 Å². The van der Waals surface area contributed by atoms with Gasteiger partial charge in [-0.05, 0) is 26.9 Å². The fourth-order valence-electron chi connectivity index (χ4n) is 1.38. The molecule has 1 atom stereocenters. The molecule has 4 heteroatoms. The van der Waals surface area contributed by atoms with Crippen molar-refractivity contribution >= 4 is 5.96 Å². The number of hydrogen-bond donors (Lipinski definition) is 2. The molecule has 3 N–H and O–H groups in total. The highest BCUT2D eigenvalue weighted by molar-refractivity contribution is 5.78. The van der Waals surface area contributed by atoms with Crippen LogP contribution in [0.3, 0.4) is 0 Å². The van der Waals surface area contributed by atoms with Crippen LogP contribution in [0, 0.1) is 0 Å². The molecule has 0 aliphatic heterocycles. The summed E-state index contributed by atoms with van der Waals surface area (Å²) in [6.07, 6.45) is 0. The third-order valence-corrected chi connectivity index (χ3v) is 2.15. The average Bonchev–Trinajstić information content (AvgIpc) is 2.14. The van der Waals surface area contributed by atoms with E-state index in [9.17, 15) is 0 Å². The molecule has 0 spiro atoms. The van der Waals surface area contributed by atoms with Crippen molar-refractivity contribution in [3.63, 3.8) is 0 Å². The molecule has 0 amide bonds. The number of guanidine groups is 1. The summed E-state index contributed by atoms with van der Waals surface area (Å²) in [4.78, 5) is 6.45. The molecule has 14 heavy (non-hydrogen) atoms. The maximum atomic E-state index is 5.66. The van der Waals surface area contributed by atoms with Gasteiger partial charge >= 0.3 is 0 Å². The van der Waals surface area contributed by atoms with Gasteiger partial charge in [-0.25, -0.2) is 0 Å². The van der Waals surface area contributed by atoms with Crippen LogP contribution < -0.4 is 11.1 Å². The summed E-state index contributed by atoms with van der Waals surface area (Å²) in [6.45, 7) is 12.3. The van der Waals surface area contributed by atoms with Crippen LogP contribution in [-0.4, -0.2) is 43.1 Å². The molecule has 0 aromatic heterocycles. The van der Waals surface area contributed by atoms with Crippen LogP contribution in [0.25, 0.3) is 0 Å². The van der Waals surface area contributed by atoms with Gasteiger partial charge in [0.1, 0.15) is 0 Å². The van der Waals surface area contributed by atoms with Crippen molar-refractivity contribution in [2.45, 2.75) is 33.7 Å². The SMILES string of the molecule is CCN=C(N)NC(C)CN(CC)CC. The Balaban J connectivity index is 3.84. The zero-order valence-corrected chi connectivity index (χ0v) is 9.88. The molecule has 0 radical (unpaired) electrons. The van der Waals surface area contributed by atoms with Gasteiger partial charge in [0.15, 0.2) is 5.96 Å². The number of rotatable bonds is 6. The number of aliphatic imine (C=N–C) groups is 1. The van der Waals surface area contributed by atoms with Crippen molar-refractivity contribution in [1.29, 1.82) is 0 Å². The first-order valence-electron chi connectivity index (χ1n) is 5.42. The normalized spacial score (nSPS) is 14.5. The van der Waals surface area contributed by atoms with E-state index >= 15 is 0 Å². The van der Waals surface area contributed by atoms with Gasteiger partial charge in [0.25, 0.3) is 0 Å². The maximum Gasteiger partial charge on any atom is 0.188 e. The van der Waals surface area contributed by atoms with Crippen LogP contribution in [0.1, 0.15) is 27.7 Å². The number of nitrogens with zero attached hydrogens (tertiary/aromatic N) is 2. The molecule has 0 aliphatic carbocycles. The molecule has 84 valence electrons. The first kappa shape index (κ1) is 13.2. The molecular weight excluding hydrogens is 176 g/mol. The highest BCUT2D eigenvalue weighted by Crippen LogP contribution is 1.90. The maximum absolute atomic E-state index is 5.66. The number of likely N-dealkylation sites (N-methyl/N-ethyl adjacent to an activating group) is 1. The van der Waals surface area contributed by atoms with Crippen molar-refractivity contribution in [2.24, 2.45) is 10.7 Å². The third-order valence-electron chi connectivity index (χ3n) is 2.15. The topological polar surface area (TPSA) is 53.6 Å². The molecule has 1 unspecified atom stereocenters. The van der Waals surface area contributed by atoms with Crippen molar-refractivity contribution < 1.29 is 0 Å². The second-order valence-electron chi connectivity index (χ2n) is 3.39. The molecule has 0 saturated carbocycles. The van der Waals surface area contributed by atoms with Crippen LogP contribution in [0.4, 0.5) is 0 Å². The first-order chi connectivity index (χ1) is 6.63. The van der Waals surface area contributed by atoms with E-state index in [1.165, 1.54) is 0 Å². The molecule has 0 aromatic carbocycles. The molecule has 0 rings (SSSR count). The highest BCUT2D eigenvalue weighted by atomic mass is 15.2. The predicted octanol–water partition coefficient (Wildman–Crippen LogP) is 0.641. The second-order valence-corrected chi connectivity index (χ2v) is 3.39. The lowest BCUT2D eigenvalue weighted by atomic mass is 10.3. The van der Waals surface area contributed by atoms with E-state index in [4.69, 9.17) is 5.73 Å². The van der Waals surface area contributed by atoms with Crippen LogP contribution in [0.2, 0.25) is 0 Å². The van der Waals surface area contributed by atoms with Crippen LogP contribution in [-0.2, 0) is 0 Å². The van der Waals surface area contributed by atoms with E-state index in [0.717, 1.165) is 26.2 Å². The Hall–Kier alpha value is -0.770. The molecule has 0 heterocycles. The molecule has 0 bridgehead atoms. The molecule has 4 nitrogen and oxygen atoms in total. The van der Waals surface area contributed by atoms with Crippen molar-refractivity contribution in [2.75, 3.05) is 26.2 Å². The Morgan fingerprint density at radius 3 is 2.36 bits per heavy atom. The summed E-state index contributed by atoms with van der Waals surface area (Å²) < 4.78 is 0. The van der Waals surface area contributed by atoms with E-state index in [1.54, 1.807) is 0 Å². The van der Waals surface area contributed by atoms with Crippen molar-refractivity contribution in [3.8, 4) is 0 Å². The van der Waals surface area contributed by atoms with Gasteiger partial charge < -0.3 is 16.0 Å². The van der Waals surface area contributed by atoms with Gasteiger partial charge in [0.2, 0.25) is 0 Å². The Morgan fingerprint density at radius 2 is 1.93 bits per heavy atom. The summed E-state index contributed by atoms with van der Waals surface area (Å²) >= 11 is 0. The van der Waals surface area contributed by atoms with Gasteiger partial charge in [-0.15, -0.1) is 0 Å². The lowest BCUT2D eigenvalue weighted by Gasteiger charge is -2.23. The molecule has 0 aromatic rings. The van der Waals surface area contributed by atoms with Crippen molar-refractivity contribution in [1.82, 2.24) is 10.2 Å². The van der Waals surface area contributed by atoms with E-state index < -0.39 is 0 Å². The number of nitrogens with two attached hydrogens (primary N) is 1. The lowest BCUT2D eigenvalue weighted by molar-refractivity contribution is 0.281. The van der Waals surface area contributed by atoms with Gasteiger partial charge in [-0.3, -0.25) is 4.99 Å². The zero-order valence-electron chi connectivity index (χ0n) is 9.88. The summed E-state index contributed by atoms with van der Waals surface area (Å²) in [6, 6.07) is 0.352. The largest absolute Gasteiger partial charge is 0.370 e. The fraction of sp³-hybridized carbons (Fsp3) is 0.900. The summed E-state index contributed by atoms with van der Waals surface area (Å²) in [5.74, 6) is 0.548. The number of hydrogen-bond acceptors (Lipinski definition) is 2. The van der Waals surface area contributed by atoms with Gasteiger partial charge in [0, 0.05) is 19.1 Å². The second kappa shape index (κ2) is 7.62. The first-order valence-corrected chi connectivity index (χ1v) is 5.42. The van der Waals surface area contributed by atoms with E-state index in [1.807, 2.05) is 6.92 Å². The Bertz CT molecular complexity index is 164. The molecule has 0 aliphatic rings. The van der Waals surface area contributed by atoms with E-state index in [2.05, 4.69) is 36.0 Å².